The quantitative estimate of drug-likeness (QED) is 0.757. The van der Waals surface area contributed by atoms with Gasteiger partial charge in [-0.05, 0) is 13.0 Å². The Kier molecular flexibility index (Phi) is 4.84. The molecular formula is C9H19NS2. The Morgan fingerprint density at radius 2 is 2.08 bits per heavy atom. The van der Waals surface area contributed by atoms with Crippen molar-refractivity contribution in [3.63, 3.8) is 0 Å². The fraction of sp³-hybridized carbons (Fsp3) is 1.00. The van der Waals surface area contributed by atoms with Gasteiger partial charge in [0, 0.05) is 28.6 Å². The second-order valence-electron chi connectivity index (χ2n) is 3.54. The zero-order valence-corrected chi connectivity index (χ0v) is 9.80. The highest BCUT2D eigenvalue weighted by Gasteiger charge is 2.25. The van der Waals surface area contributed by atoms with Crippen LogP contribution >= 0.6 is 23.5 Å². The summed E-state index contributed by atoms with van der Waals surface area (Å²) in [6.07, 6.45) is 0. The maximum absolute atomic E-state index is 3.44. The van der Waals surface area contributed by atoms with Crippen LogP contribution in [-0.2, 0) is 0 Å². The monoisotopic (exact) mass is 205 g/mol. The van der Waals surface area contributed by atoms with E-state index in [1.807, 2.05) is 0 Å². The van der Waals surface area contributed by atoms with Crippen LogP contribution in [0.1, 0.15) is 13.8 Å². The number of rotatable bonds is 3. The summed E-state index contributed by atoms with van der Waals surface area (Å²) >= 11 is 4.24. The minimum Gasteiger partial charge on any atom is -0.316 e. The van der Waals surface area contributed by atoms with Gasteiger partial charge in [-0.2, -0.15) is 23.5 Å². The highest BCUT2D eigenvalue weighted by molar-refractivity contribution is 8.06. The van der Waals surface area contributed by atoms with E-state index in [1.165, 1.54) is 17.3 Å². The third-order valence-electron chi connectivity index (χ3n) is 2.29. The van der Waals surface area contributed by atoms with Crippen molar-refractivity contribution < 1.29 is 0 Å². The van der Waals surface area contributed by atoms with E-state index in [9.17, 15) is 0 Å². The Labute approximate surface area is 84.4 Å². The molecule has 0 amide bonds. The van der Waals surface area contributed by atoms with Crippen molar-refractivity contribution in [1.29, 1.82) is 0 Å². The third kappa shape index (κ3) is 2.86. The molecule has 2 unspecified atom stereocenters. The number of nitrogens with one attached hydrogen (secondary N) is 1. The van der Waals surface area contributed by atoms with Gasteiger partial charge in [0.1, 0.15) is 0 Å². The first-order valence-electron chi connectivity index (χ1n) is 4.62. The van der Waals surface area contributed by atoms with Gasteiger partial charge in [-0.25, -0.2) is 0 Å². The topological polar surface area (TPSA) is 12.0 Å². The van der Waals surface area contributed by atoms with Crippen molar-refractivity contribution in [3.05, 3.63) is 0 Å². The Morgan fingerprint density at radius 3 is 2.50 bits per heavy atom. The second kappa shape index (κ2) is 5.40. The van der Waals surface area contributed by atoms with E-state index < -0.39 is 0 Å². The van der Waals surface area contributed by atoms with Gasteiger partial charge in [0.2, 0.25) is 0 Å². The summed E-state index contributed by atoms with van der Waals surface area (Å²) in [6, 6.07) is 0.697. The maximum atomic E-state index is 3.44. The molecule has 3 heteroatoms. The average Bonchev–Trinajstić information content (AvgIpc) is 2.07. The Hall–Kier alpha value is 0.660. The van der Waals surface area contributed by atoms with E-state index in [-0.39, 0.29) is 0 Å². The van der Waals surface area contributed by atoms with Crippen molar-refractivity contribution >= 4 is 23.5 Å². The van der Waals surface area contributed by atoms with Crippen LogP contribution in [-0.4, -0.2) is 35.6 Å². The van der Waals surface area contributed by atoms with Gasteiger partial charge in [0.25, 0.3) is 0 Å². The molecule has 1 nitrogen and oxygen atoms in total. The summed E-state index contributed by atoms with van der Waals surface area (Å²) in [5, 5.41) is 4.26. The minimum atomic E-state index is 0.697. The molecule has 1 saturated heterocycles. The van der Waals surface area contributed by atoms with Crippen LogP contribution in [0.3, 0.4) is 0 Å². The van der Waals surface area contributed by atoms with E-state index in [4.69, 9.17) is 0 Å². The number of hydrogen-bond donors (Lipinski definition) is 1. The molecule has 0 spiro atoms. The Morgan fingerprint density at radius 1 is 1.33 bits per heavy atom. The first-order valence-corrected chi connectivity index (χ1v) is 6.82. The molecule has 1 heterocycles. The molecule has 0 aromatic heterocycles. The standard InChI is InChI=1S/C9H19NS2/c1-7(2)9(10-3)8-6-11-4-5-12-8/h7-10H,4-6H2,1-3H3. The van der Waals surface area contributed by atoms with Crippen LogP contribution in [0.25, 0.3) is 0 Å². The SMILES string of the molecule is CNC(C(C)C)C1CSCCS1. The summed E-state index contributed by atoms with van der Waals surface area (Å²) in [6.45, 7) is 4.61. The highest BCUT2D eigenvalue weighted by Crippen LogP contribution is 2.28. The van der Waals surface area contributed by atoms with Crippen LogP contribution in [0.4, 0.5) is 0 Å². The summed E-state index contributed by atoms with van der Waals surface area (Å²) in [4.78, 5) is 0. The van der Waals surface area contributed by atoms with Gasteiger partial charge in [0.15, 0.2) is 0 Å². The van der Waals surface area contributed by atoms with Crippen LogP contribution < -0.4 is 5.32 Å². The molecule has 0 aromatic carbocycles. The molecule has 1 fully saturated rings. The molecule has 12 heavy (non-hydrogen) atoms. The summed E-state index contributed by atoms with van der Waals surface area (Å²) in [5.41, 5.74) is 0. The Balaban J connectivity index is 2.40. The second-order valence-corrected chi connectivity index (χ2v) is 6.04. The van der Waals surface area contributed by atoms with Crippen molar-refractivity contribution in [2.24, 2.45) is 5.92 Å². The number of hydrogen-bond acceptors (Lipinski definition) is 3. The van der Waals surface area contributed by atoms with E-state index in [0.29, 0.717) is 6.04 Å². The van der Waals surface area contributed by atoms with Gasteiger partial charge in [-0.1, -0.05) is 13.8 Å². The average molecular weight is 205 g/mol. The van der Waals surface area contributed by atoms with Gasteiger partial charge in [-0.15, -0.1) is 0 Å². The molecule has 0 saturated carbocycles. The molecule has 1 aliphatic heterocycles. The predicted octanol–water partition coefficient (Wildman–Crippen LogP) is 2.08. The molecule has 72 valence electrons. The van der Waals surface area contributed by atoms with Crippen LogP contribution in [0.2, 0.25) is 0 Å². The highest BCUT2D eigenvalue weighted by atomic mass is 32.2. The molecule has 0 aliphatic carbocycles. The smallest absolute Gasteiger partial charge is 0.0294 e. The predicted molar refractivity (Wildman–Crippen MR) is 61.3 cm³/mol. The largest absolute Gasteiger partial charge is 0.316 e. The normalized spacial score (nSPS) is 27.5. The van der Waals surface area contributed by atoms with Gasteiger partial charge >= 0.3 is 0 Å². The third-order valence-corrected chi connectivity index (χ3v) is 5.18. The molecule has 1 aliphatic rings. The van der Waals surface area contributed by atoms with Gasteiger partial charge in [-0.3, -0.25) is 0 Å². The molecule has 1 rings (SSSR count). The van der Waals surface area contributed by atoms with Gasteiger partial charge in [0.05, 0.1) is 0 Å². The van der Waals surface area contributed by atoms with E-state index in [0.717, 1.165) is 11.2 Å². The lowest BCUT2D eigenvalue weighted by atomic mass is 10.0. The summed E-state index contributed by atoms with van der Waals surface area (Å²) < 4.78 is 0. The fourth-order valence-corrected chi connectivity index (χ4v) is 4.76. The zero-order valence-electron chi connectivity index (χ0n) is 8.17. The zero-order chi connectivity index (χ0) is 8.97. The first-order chi connectivity index (χ1) is 5.75. The maximum Gasteiger partial charge on any atom is 0.0294 e. The minimum absolute atomic E-state index is 0.697. The molecule has 0 bridgehead atoms. The summed E-state index contributed by atoms with van der Waals surface area (Å²) in [7, 11) is 2.09. The molecule has 0 aromatic rings. The van der Waals surface area contributed by atoms with Crippen molar-refractivity contribution in [3.8, 4) is 0 Å². The van der Waals surface area contributed by atoms with Crippen LogP contribution in [0.5, 0.6) is 0 Å². The van der Waals surface area contributed by atoms with E-state index >= 15 is 0 Å². The van der Waals surface area contributed by atoms with Crippen LogP contribution in [0.15, 0.2) is 0 Å². The molecule has 2 atom stereocenters. The summed E-state index contributed by atoms with van der Waals surface area (Å²) in [5.74, 6) is 4.76. The van der Waals surface area contributed by atoms with Crippen molar-refractivity contribution in [2.75, 3.05) is 24.3 Å². The number of thioether (sulfide) groups is 2. The Bertz CT molecular complexity index is 122. The first kappa shape index (κ1) is 10.7. The van der Waals surface area contributed by atoms with Crippen molar-refractivity contribution in [1.82, 2.24) is 5.32 Å². The van der Waals surface area contributed by atoms with E-state index in [2.05, 4.69) is 49.7 Å². The van der Waals surface area contributed by atoms with E-state index in [1.54, 1.807) is 0 Å². The lowest BCUT2D eigenvalue weighted by molar-refractivity contribution is 0.426. The van der Waals surface area contributed by atoms with Crippen molar-refractivity contribution in [2.45, 2.75) is 25.1 Å². The molecule has 0 radical (unpaired) electrons. The fourth-order valence-electron chi connectivity index (χ4n) is 1.66. The van der Waals surface area contributed by atoms with Gasteiger partial charge < -0.3 is 5.32 Å². The lowest BCUT2D eigenvalue weighted by Crippen LogP contribution is -2.42. The molecule has 1 N–H and O–H groups in total. The lowest BCUT2D eigenvalue weighted by Gasteiger charge is -2.31. The van der Waals surface area contributed by atoms with Crippen LogP contribution in [0, 0.1) is 5.92 Å². The molecular weight excluding hydrogens is 186 g/mol.